The first-order valence-corrected chi connectivity index (χ1v) is 9.48. The SMILES string of the molecule is CCOc1ccc(C=NNC(=O)c2ccc(COc3ccc(C)cc3)cc2)cc1. The summed E-state index contributed by atoms with van der Waals surface area (Å²) in [4.78, 5) is 12.2. The van der Waals surface area contributed by atoms with Gasteiger partial charge in [0, 0.05) is 5.56 Å². The molecule has 3 aromatic carbocycles. The van der Waals surface area contributed by atoms with Crippen molar-refractivity contribution in [2.24, 2.45) is 5.10 Å². The van der Waals surface area contributed by atoms with E-state index < -0.39 is 0 Å². The molecular weight excluding hydrogens is 364 g/mol. The zero-order valence-corrected chi connectivity index (χ0v) is 16.6. The summed E-state index contributed by atoms with van der Waals surface area (Å²) in [7, 11) is 0. The van der Waals surface area contributed by atoms with E-state index in [9.17, 15) is 4.79 Å². The molecular formula is C24H24N2O3. The van der Waals surface area contributed by atoms with Gasteiger partial charge in [-0.1, -0.05) is 29.8 Å². The predicted octanol–water partition coefficient (Wildman–Crippen LogP) is 4.74. The molecule has 5 nitrogen and oxygen atoms in total. The van der Waals surface area contributed by atoms with Gasteiger partial charge >= 0.3 is 0 Å². The van der Waals surface area contributed by atoms with Crippen LogP contribution in [-0.2, 0) is 6.61 Å². The monoisotopic (exact) mass is 388 g/mol. The summed E-state index contributed by atoms with van der Waals surface area (Å²) in [5.41, 5.74) is 6.12. The number of nitrogens with one attached hydrogen (secondary N) is 1. The summed E-state index contributed by atoms with van der Waals surface area (Å²) in [6.45, 7) is 5.05. The zero-order valence-electron chi connectivity index (χ0n) is 16.6. The second-order valence-corrected chi connectivity index (χ2v) is 6.50. The Morgan fingerprint density at radius 1 is 0.897 bits per heavy atom. The molecule has 0 saturated heterocycles. The fourth-order valence-corrected chi connectivity index (χ4v) is 2.60. The number of hydrogen-bond donors (Lipinski definition) is 1. The molecule has 0 aliphatic heterocycles. The van der Waals surface area contributed by atoms with Gasteiger partial charge in [0.05, 0.1) is 12.8 Å². The smallest absolute Gasteiger partial charge is 0.271 e. The third-order valence-electron chi connectivity index (χ3n) is 4.21. The molecule has 0 bridgehead atoms. The molecule has 3 aromatic rings. The number of ether oxygens (including phenoxy) is 2. The van der Waals surface area contributed by atoms with E-state index in [1.807, 2.05) is 74.5 Å². The average Bonchev–Trinajstić information content (AvgIpc) is 2.75. The van der Waals surface area contributed by atoms with E-state index >= 15 is 0 Å². The summed E-state index contributed by atoms with van der Waals surface area (Å²) >= 11 is 0. The molecule has 0 radical (unpaired) electrons. The van der Waals surface area contributed by atoms with Crippen molar-refractivity contribution in [3.8, 4) is 11.5 Å². The van der Waals surface area contributed by atoms with Crippen molar-refractivity contribution < 1.29 is 14.3 Å². The van der Waals surface area contributed by atoms with Gasteiger partial charge in [0.25, 0.3) is 5.91 Å². The molecule has 0 atom stereocenters. The van der Waals surface area contributed by atoms with Gasteiger partial charge in [0.1, 0.15) is 18.1 Å². The van der Waals surface area contributed by atoms with Crippen LogP contribution in [0.4, 0.5) is 0 Å². The number of rotatable bonds is 8. The summed E-state index contributed by atoms with van der Waals surface area (Å²) in [5.74, 6) is 1.36. The minimum Gasteiger partial charge on any atom is -0.494 e. The van der Waals surface area contributed by atoms with Gasteiger partial charge in [-0.3, -0.25) is 4.79 Å². The molecule has 0 spiro atoms. The van der Waals surface area contributed by atoms with Crippen molar-refractivity contribution in [2.45, 2.75) is 20.5 Å². The van der Waals surface area contributed by atoms with E-state index in [1.165, 1.54) is 5.56 Å². The summed E-state index contributed by atoms with van der Waals surface area (Å²) in [5, 5.41) is 4.01. The first-order valence-electron chi connectivity index (χ1n) is 9.48. The van der Waals surface area contributed by atoms with E-state index in [1.54, 1.807) is 18.3 Å². The molecule has 29 heavy (non-hydrogen) atoms. The molecule has 0 aliphatic rings. The van der Waals surface area contributed by atoms with Gasteiger partial charge in [0.2, 0.25) is 0 Å². The maximum atomic E-state index is 12.2. The predicted molar refractivity (Wildman–Crippen MR) is 115 cm³/mol. The molecule has 1 amide bonds. The standard InChI is InChI=1S/C24H24N2O3/c1-3-28-22-14-8-19(9-15-22)16-25-26-24(27)21-10-6-20(7-11-21)17-29-23-12-4-18(2)5-13-23/h4-16H,3,17H2,1-2H3,(H,26,27). The Kier molecular flexibility index (Phi) is 7.00. The lowest BCUT2D eigenvalue weighted by atomic mass is 10.1. The maximum Gasteiger partial charge on any atom is 0.271 e. The first-order chi connectivity index (χ1) is 14.1. The van der Waals surface area contributed by atoms with E-state index in [-0.39, 0.29) is 5.91 Å². The second-order valence-electron chi connectivity index (χ2n) is 6.50. The average molecular weight is 388 g/mol. The second kappa shape index (κ2) is 10.1. The van der Waals surface area contributed by atoms with Crippen LogP contribution in [0.5, 0.6) is 11.5 Å². The molecule has 0 heterocycles. The third-order valence-corrected chi connectivity index (χ3v) is 4.21. The Hall–Kier alpha value is -3.60. The highest BCUT2D eigenvalue weighted by Crippen LogP contribution is 2.14. The lowest BCUT2D eigenvalue weighted by Crippen LogP contribution is -2.17. The minimum absolute atomic E-state index is 0.266. The number of amides is 1. The highest BCUT2D eigenvalue weighted by Gasteiger charge is 2.04. The van der Waals surface area contributed by atoms with Gasteiger partial charge < -0.3 is 9.47 Å². The normalized spacial score (nSPS) is 10.7. The molecule has 0 unspecified atom stereocenters. The van der Waals surface area contributed by atoms with Crippen molar-refractivity contribution in [2.75, 3.05) is 6.61 Å². The fraction of sp³-hybridized carbons (Fsp3) is 0.167. The molecule has 0 fully saturated rings. The third kappa shape index (κ3) is 6.21. The lowest BCUT2D eigenvalue weighted by Gasteiger charge is -2.07. The van der Waals surface area contributed by atoms with E-state index in [0.717, 1.165) is 22.6 Å². The maximum absolute atomic E-state index is 12.2. The molecule has 3 rings (SSSR count). The van der Waals surface area contributed by atoms with Crippen molar-refractivity contribution in [3.05, 3.63) is 95.1 Å². The van der Waals surface area contributed by atoms with Crippen molar-refractivity contribution in [3.63, 3.8) is 0 Å². The number of carbonyl (C=O) groups is 1. The van der Waals surface area contributed by atoms with Gasteiger partial charge in [-0.05, 0) is 73.5 Å². The van der Waals surface area contributed by atoms with Gasteiger partial charge in [0.15, 0.2) is 0 Å². The van der Waals surface area contributed by atoms with Crippen LogP contribution in [0.2, 0.25) is 0 Å². The van der Waals surface area contributed by atoms with Crippen molar-refractivity contribution in [1.82, 2.24) is 5.43 Å². The van der Waals surface area contributed by atoms with Gasteiger partial charge in [-0.2, -0.15) is 5.10 Å². The number of carbonyl (C=O) groups excluding carboxylic acids is 1. The Morgan fingerprint density at radius 3 is 2.17 bits per heavy atom. The first kappa shape index (κ1) is 20.1. The summed E-state index contributed by atoms with van der Waals surface area (Å²) in [6, 6.07) is 22.7. The fourth-order valence-electron chi connectivity index (χ4n) is 2.60. The van der Waals surface area contributed by atoms with Gasteiger partial charge in [-0.15, -0.1) is 0 Å². The summed E-state index contributed by atoms with van der Waals surface area (Å²) in [6.07, 6.45) is 1.59. The number of hydrogen-bond acceptors (Lipinski definition) is 4. The topological polar surface area (TPSA) is 59.9 Å². The van der Waals surface area contributed by atoms with Gasteiger partial charge in [-0.25, -0.2) is 5.43 Å². The van der Waals surface area contributed by atoms with Crippen LogP contribution in [0.3, 0.4) is 0 Å². The number of hydrazone groups is 1. The molecule has 148 valence electrons. The molecule has 5 heteroatoms. The van der Waals surface area contributed by atoms with Crippen LogP contribution in [0, 0.1) is 6.92 Å². The Labute approximate surface area is 171 Å². The Balaban J connectivity index is 1.49. The highest BCUT2D eigenvalue weighted by atomic mass is 16.5. The van der Waals surface area contributed by atoms with E-state index in [2.05, 4.69) is 10.5 Å². The summed E-state index contributed by atoms with van der Waals surface area (Å²) < 4.78 is 11.1. The zero-order chi connectivity index (χ0) is 20.5. The minimum atomic E-state index is -0.266. The van der Waals surface area contributed by atoms with Crippen LogP contribution < -0.4 is 14.9 Å². The quantitative estimate of drug-likeness (QED) is 0.448. The van der Waals surface area contributed by atoms with Crippen LogP contribution in [-0.4, -0.2) is 18.7 Å². The van der Waals surface area contributed by atoms with Crippen LogP contribution in [0.25, 0.3) is 0 Å². The molecule has 0 saturated carbocycles. The van der Waals surface area contributed by atoms with Crippen LogP contribution in [0.1, 0.15) is 34.0 Å². The van der Waals surface area contributed by atoms with E-state index in [0.29, 0.717) is 18.8 Å². The molecule has 0 aliphatic carbocycles. The van der Waals surface area contributed by atoms with Crippen LogP contribution in [0.15, 0.2) is 77.9 Å². The highest BCUT2D eigenvalue weighted by molar-refractivity contribution is 5.94. The number of aryl methyl sites for hydroxylation is 1. The largest absolute Gasteiger partial charge is 0.494 e. The lowest BCUT2D eigenvalue weighted by molar-refractivity contribution is 0.0955. The molecule has 1 N–H and O–H groups in total. The Morgan fingerprint density at radius 2 is 1.52 bits per heavy atom. The molecule has 0 aromatic heterocycles. The Bertz CT molecular complexity index is 947. The van der Waals surface area contributed by atoms with E-state index in [4.69, 9.17) is 9.47 Å². The van der Waals surface area contributed by atoms with Crippen molar-refractivity contribution in [1.29, 1.82) is 0 Å². The number of nitrogens with zero attached hydrogens (tertiary/aromatic N) is 1. The van der Waals surface area contributed by atoms with Crippen molar-refractivity contribution >= 4 is 12.1 Å². The number of benzene rings is 3. The van der Waals surface area contributed by atoms with Crippen LogP contribution >= 0.6 is 0 Å².